The van der Waals surface area contributed by atoms with Crippen LogP contribution >= 0.6 is 0 Å². The highest BCUT2D eigenvalue weighted by Gasteiger charge is 2.27. The van der Waals surface area contributed by atoms with Gasteiger partial charge in [-0.3, -0.25) is 0 Å². The highest BCUT2D eigenvalue weighted by molar-refractivity contribution is 7.87. The minimum absolute atomic E-state index is 0.199. The van der Waals surface area contributed by atoms with Gasteiger partial charge in [-0.15, -0.1) is 0 Å². The Hall–Kier alpha value is -1.64. The molecule has 0 aromatic heterocycles. The number of anilines is 1. The number of hydrogen-bond donors (Lipinski definition) is 2. The maximum Gasteiger partial charge on any atom is 0.333 e. The molecule has 2 N–H and O–H groups in total. The molecule has 7 nitrogen and oxygen atoms in total. The van der Waals surface area contributed by atoms with Gasteiger partial charge in [-0.1, -0.05) is 45.9 Å². The smallest absolute Gasteiger partial charge is 0.333 e. The minimum Gasteiger partial charge on any atom is -0.379 e. The first kappa shape index (κ1) is 19.7. The molecule has 0 saturated carbocycles. The van der Waals surface area contributed by atoms with Crippen LogP contribution in [0.5, 0.6) is 0 Å². The van der Waals surface area contributed by atoms with Gasteiger partial charge in [0.05, 0.1) is 13.2 Å². The van der Waals surface area contributed by atoms with E-state index in [1.807, 2.05) is 45.9 Å². The van der Waals surface area contributed by atoms with Gasteiger partial charge < -0.3 is 10.1 Å². The van der Waals surface area contributed by atoms with E-state index in [1.54, 1.807) is 0 Å². The second-order valence-electron chi connectivity index (χ2n) is 6.69. The lowest BCUT2D eigenvalue weighted by molar-refractivity contribution is 0.0726. The zero-order chi connectivity index (χ0) is 18.6. The number of ether oxygens (including phenoxy) is 1. The molecular formula is C17H27N3O4S. The number of rotatable bonds is 5. The average Bonchev–Trinajstić information content (AvgIpc) is 2.54. The van der Waals surface area contributed by atoms with Crippen LogP contribution in [0.2, 0.25) is 0 Å². The molecule has 0 aliphatic carbocycles. The van der Waals surface area contributed by atoms with Gasteiger partial charge in [0.2, 0.25) is 0 Å². The van der Waals surface area contributed by atoms with Gasteiger partial charge in [-0.2, -0.15) is 12.7 Å². The van der Waals surface area contributed by atoms with Gasteiger partial charge in [0.25, 0.3) is 0 Å². The first-order valence-corrected chi connectivity index (χ1v) is 9.95. The number of para-hydroxylation sites is 1. The number of nitrogens with zero attached hydrogens (tertiary/aromatic N) is 1. The van der Waals surface area contributed by atoms with Crippen LogP contribution in [-0.4, -0.2) is 45.1 Å². The van der Waals surface area contributed by atoms with E-state index in [4.69, 9.17) is 4.74 Å². The monoisotopic (exact) mass is 369 g/mol. The SMILES string of the molecule is CC(C)c1cccc(C(C)C)c1NC(=O)NS(=O)(=O)N1CCOCC1. The van der Waals surface area contributed by atoms with Crippen molar-refractivity contribution < 1.29 is 17.9 Å². The fraction of sp³-hybridized carbons (Fsp3) is 0.588. The molecule has 0 spiro atoms. The standard InChI is InChI=1S/C17H27N3O4S/c1-12(2)14-6-5-7-15(13(3)4)16(14)18-17(21)19-25(22,23)20-8-10-24-11-9-20/h5-7,12-13H,8-11H2,1-4H3,(H2,18,19,21). The number of nitrogens with one attached hydrogen (secondary N) is 2. The summed E-state index contributed by atoms with van der Waals surface area (Å²) in [6, 6.07) is 5.10. The highest BCUT2D eigenvalue weighted by Crippen LogP contribution is 2.32. The maximum atomic E-state index is 12.4. The molecule has 8 heteroatoms. The van der Waals surface area contributed by atoms with Crippen molar-refractivity contribution in [1.29, 1.82) is 0 Å². The van der Waals surface area contributed by atoms with Crippen LogP contribution in [0.25, 0.3) is 0 Å². The summed E-state index contributed by atoms with van der Waals surface area (Å²) in [6.07, 6.45) is 0. The van der Waals surface area contributed by atoms with E-state index in [0.717, 1.165) is 11.1 Å². The van der Waals surface area contributed by atoms with E-state index in [1.165, 1.54) is 4.31 Å². The van der Waals surface area contributed by atoms with Crippen molar-refractivity contribution in [2.45, 2.75) is 39.5 Å². The van der Waals surface area contributed by atoms with Gasteiger partial charge in [0, 0.05) is 18.8 Å². The van der Waals surface area contributed by atoms with E-state index in [0.29, 0.717) is 18.9 Å². The van der Waals surface area contributed by atoms with Crippen LogP contribution in [0.3, 0.4) is 0 Å². The van der Waals surface area contributed by atoms with Crippen LogP contribution in [0, 0.1) is 0 Å². The summed E-state index contributed by atoms with van der Waals surface area (Å²) < 4.78 is 33.1. The third-order valence-electron chi connectivity index (χ3n) is 4.14. The van der Waals surface area contributed by atoms with E-state index in [2.05, 4.69) is 10.0 Å². The topological polar surface area (TPSA) is 87.7 Å². The molecule has 1 aliphatic rings. The molecular weight excluding hydrogens is 342 g/mol. The Morgan fingerprint density at radius 3 is 2.08 bits per heavy atom. The number of benzene rings is 1. The summed E-state index contributed by atoms with van der Waals surface area (Å²) >= 11 is 0. The Labute approximate surface area is 149 Å². The normalized spacial score (nSPS) is 16.2. The second-order valence-corrected chi connectivity index (χ2v) is 8.36. The molecule has 0 bridgehead atoms. The number of carbonyl (C=O) groups excluding carboxylic acids is 1. The van der Waals surface area contributed by atoms with Crippen LogP contribution in [0.1, 0.15) is 50.7 Å². The van der Waals surface area contributed by atoms with Gasteiger partial charge >= 0.3 is 16.2 Å². The van der Waals surface area contributed by atoms with E-state index in [9.17, 15) is 13.2 Å². The van der Waals surface area contributed by atoms with Crippen molar-refractivity contribution in [1.82, 2.24) is 9.03 Å². The Kier molecular flexibility index (Phi) is 6.42. The zero-order valence-electron chi connectivity index (χ0n) is 15.2. The number of hydrogen-bond acceptors (Lipinski definition) is 4. The summed E-state index contributed by atoms with van der Waals surface area (Å²) in [5.74, 6) is 0.398. The maximum absolute atomic E-state index is 12.4. The van der Waals surface area contributed by atoms with Crippen LogP contribution in [-0.2, 0) is 14.9 Å². The average molecular weight is 369 g/mol. The lowest BCUT2D eigenvalue weighted by atomic mass is 9.93. The third kappa shape index (κ3) is 4.93. The molecule has 1 aliphatic heterocycles. The molecule has 0 atom stereocenters. The van der Waals surface area contributed by atoms with Crippen molar-refractivity contribution in [2.75, 3.05) is 31.6 Å². The Morgan fingerprint density at radius 2 is 1.60 bits per heavy atom. The van der Waals surface area contributed by atoms with Crippen molar-refractivity contribution in [3.05, 3.63) is 29.3 Å². The molecule has 0 radical (unpaired) electrons. The number of urea groups is 1. The second kappa shape index (κ2) is 8.16. The summed E-state index contributed by atoms with van der Waals surface area (Å²) in [7, 11) is -3.88. The predicted octanol–water partition coefficient (Wildman–Crippen LogP) is 2.63. The number of carbonyl (C=O) groups is 1. The molecule has 0 unspecified atom stereocenters. The lowest BCUT2D eigenvalue weighted by Gasteiger charge is -2.26. The van der Waals surface area contributed by atoms with Crippen LogP contribution in [0.15, 0.2) is 18.2 Å². The molecule has 140 valence electrons. The van der Waals surface area contributed by atoms with Crippen molar-refractivity contribution in [2.24, 2.45) is 0 Å². The molecule has 1 heterocycles. The van der Waals surface area contributed by atoms with Gasteiger partial charge in [-0.25, -0.2) is 9.52 Å². The number of morpholine rings is 1. The summed E-state index contributed by atoms with van der Waals surface area (Å²) in [5.41, 5.74) is 2.64. The van der Waals surface area contributed by atoms with Crippen molar-refractivity contribution in [3.63, 3.8) is 0 Å². The first-order chi connectivity index (χ1) is 11.7. The number of amides is 2. The van der Waals surface area contributed by atoms with Gasteiger partial charge in [-0.05, 0) is 23.0 Å². The van der Waals surface area contributed by atoms with Crippen LogP contribution < -0.4 is 10.0 Å². The quantitative estimate of drug-likeness (QED) is 0.835. The van der Waals surface area contributed by atoms with E-state index >= 15 is 0 Å². The van der Waals surface area contributed by atoms with E-state index in [-0.39, 0.29) is 24.9 Å². The minimum atomic E-state index is -3.88. The zero-order valence-corrected chi connectivity index (χ0v) is 16.0. The Bertz CT molecular complexity index is 684. The van der Waals surface area contributed by atoms with E-state index < -0.39 is 16.2 Å². The summed E-state index contributed by atoms with van der Waals surface area (Å²) in [6.45, 7) is 9.28. The third-order valence-corrected chi connectivity index (χ3v) is 5.63. The molecule has 1 saturated heterocycles. The van der Waals surface area contributed by atoms with Crippen LogP contribution in [0.4, 0.5) is 10.5 Å². The Morgan fingerprint density at radius 1 is 1.08 bits per heavy atom. The van der Waals surface area contributed by atoms with Gasteiger partial charge in [0.1, 0.15) is 0 Å². The molecule has 1 aromatic rings. The summed E-state index contributed by atoms with van der Waals surface area (Å²) in [5, 5.41) is 2.75. The van der Waals surface area contributed by atoms with Gasteiger partial charge in [0.15, 0.2) is 0 Å². The molecule has 2 amide bonds. The molecule has 1 aromatic carbocycles. The van der Waals surface area contributed by atoms with Crippen molar-refractivity contribution in [3.8, 4) is 0 Å². The molecule has 25 heavy (non-hydrogen) atoms. The predicted molar refractivity (Wildman–Crippen MR) is 98.1 cm³/mol. The first-order valence-electron chi connectivity index (χ1n) is 8.51. The fourth-order valence-electron chi connectivity index (χ4n) is 2.80. The lowest BCUT2D eigenvalue weighted by Crippen LogP contribution is -2.49. The molecule has 2 rings (SSSR count). The summed E-state index contributed by atoms with van der Waals surface area (Å²) in [4.78, 5) is 12.4. The largest absolute Gasteiger partial charge is 0.379 e. The fourth-order valence-corrected chi connectivity index (χ4v) is 3.85. The molecule has 1 fully saturated rings. The Balaban J connectivity index is 2.20. The van der Waals surface area contributed by atoms with Crippen molar-refractivity contribution >= 4 is 21.9 Å². The highest BCUT2D eigenvalue weighted by atomic mass is 32.2.